The fourth-order valence-electron chi connectivity index (χ4n) is 2.13. The number of hydrogen-bond donors (Lipinski definition) is 1. The first-order valence-electron chi connectivity index (χ1n) is 5.93. The van der Waals surface area contributed by atoms with Gasteiger partial charge in [0.1, 0.15) is 11.3 Å². The zero-order valence-corrected chi connectivity index (χ0v) is 11.2. The number of nitrogens with zero attached hydrogens (tertiary/aromatic N) is 2. The van der Waals surface area contributed by atoms with Crippen LogP contribution in [0.1, 0.15) is 11.1 Å². The Bertz CT molecular complexity index is 804. The Kier molecular flexibility index (Phi) is 2.91. The maximum atomic E-state index is 13.7. The SMILES string of the molecule is Cc1ccncc1Cn1c(=S)[nH]c2c(F)cccc21. The Morgan fingerprint density at radius 2 is 2.21 bits per heavy atom. The topological polar surface area (TPSA) is 33.6 Å². The quantitative estimate of drug-likeness (QED) is 0.724. The van der Waals surface area contributed by atoms with Gasteiger partial charge in [0.05, 0.1) is 12.1 Å². The van der Waals surface area contributed by atoms with Crippen LogP contribution in [0.15, 0.2) is 36.7 Å². The summed E-state index contributed by atoms with van der Waals surface area (Å²) in [4.78, 5) is 7.04. The van der Waals surface area contributed by atoms with Crippen LogP contribution in [0.4, 0.5) is 4.39 Å². The number of aromatic amines is 1. The van der Waals surface area contributed by atoms with Crippen LogP contribution < -0.4 is 0 Å². The number of halogens is 1. The van der Waals surface area contributed by atoms with Gasteiger partial charge in [0.25, 0.3) is 0 Å². The van der Waals surface area contributed by atoms with Crippen LogP contribution in [0.3, 0.4) is 0 Å². The molecule has 96 valence electrons. The highest BCUT2D eigenvalue weighted by Gasteiger charge is 2.09. The number of H-pyrrole nitrogens is 1. The molecule has 0 fully saturated rings. The lowest BCUT2D eigenvalue weighted by Gasteiger charge is -2.07. The predicted octanol–water partition coefficient (Wildman–Crippen LogP) is 3.59. The molecule has 1 aromatic carbocycles. The van der Waals surface area contributed by atoms with E-state index >= 15 is 0 Å². The van der Waals surface area contributed by atoms with Crippen LogP contribution in [-0.4, -0.2) is 14.5 Å². The third-order valence-corrected chi connectivity index (χ3v) is 3.56. The number of aromatic nitrogens is 3. The smallest absolute Gasteiger partial charge is 0.178 e. The summed E-state index contributed by atoms with van der Waals surface area (Å²) in [6.45, 7) is 2.61. The molecule has 3 aromatic rings. The van der Waals surface area contributed by atoms with Gasteiger partial charge in [-0.25, -0.2) is 4.39 Å². The Labute approximate surface area is 114 Å². The highest BCUT2D eigenvalue weighted by molar-refractivity contribution is 7.71. The number of aryl methyl sites for hydroxylation is 1. The summed E-state index contributed by atoms with van der Waals surface area (Å²) in [7, 11) is 0. The maximum Gasteiger partial charge on any atom is 0.178 e. The third kappa shape index (κ3) is 2.06. The molecule has 0 aliphatic rings. The lowest BCUT2D eigenvalue weighted by molar-refractivity contribution is 0.637. The highest BCUT2D eigenvalue weighted by atomic mass is 32.1. The molecule has 0 unspecified atom stereocenters. The third-order valence-electron chi connectivity index (χ3n) is 3.24. The molecule has 2 aromatic heterocycles. The van der Waals surface area contributed by atoms with E-state index in [2.05, 4.69) is 9.97 Å². The van der Waals surface area contributed by atoms with E-state index in [0.717, 1.165) is 16.6 Å². The van der Waals surface area contributed by atoms with E-state index in [0.29, 0.717) is 16.8 Å². The largest absolute Gasteiger partial charge is 0.328 e. The van der Waals surface area contributed by atoms with Crippen molar-refractivity contribution in [3.8, 4) is 0 Å². The number of rotatable bonds is 2. The van der Waals surface area contributed by atoms with Crippen molar-refractivity contribution in [2.45, 2.75) is 13.5 Å². The zero-order chi connectivity index (χ0) is 13.4. The molecule has 1 N–H and O–H groups in total. The molecule has 0 spiro atoms. The standard InChI is InChI=1S/C14H12FN3S/c1-9-5-6-16-7-10(9)8-18-12-4-2-3-11(15)13(12)17-14(18)19/h2-7H,8H2,1H3,(H,17,19). The lowest BCUT2D eigenvalue weighted by atomic mass is 10.1. The van der Waals surface area contributed by atoms with Gasteiger partial charge in [-0.2, -0.15) is 0 Å². The van der Waals surface area contributed by atoms with Gasteiger partial charge in [-0.1, -0.05) is 6.07 Å². The van der Waals surface area contributed by atoms with Crippen molar-refractivity contribution in [2.24, 2.45) is 0 Å². The number of nitrogens with one attached hydrogen (secondary N) is 1. The van der Waals surface area contributed by atoms with Crippen molar-refractivity contribution in [2.75, 3.05) is 0 Å². The molecule has 0 amide bonds. The van der Waals surface area contributed by atoms with Gasteiger partial charge in [0.15, 0.2) is 4.77 Å². The number of fused-ring (bicyclic) bond motifs is 1. The van der Waals surface area contributed by atoms with Crippen LogP contribution in [0.25, 0.3) is 11.0 Å². The Morgan fingerprint density at radius 3 is 3.00 bits per heavy atom. The minimum atomic E-state index is -0.287. The second-order valence-electron chi connectivity index (χ2n) is 4.45. The average molecular weight is 273 g/mol. The lowest BCUT2D eigenvalue weighted by Crippen LogP contribution is -2.02. The van der Waals surface area contributed by atoms with Crippen molar-refractivity contribution < 1.29 is 4.39 Å². The fourth-order valence-corrected chi connectivity index (χ4v) is 2.40. The van der Waals surface area contributed by atoms with Crippen molar-refractivity contribution in [3.63, 3.8) is 0 Å². The second-order valence-corrected chi connectivity index (χ2v) is 4.84. The predicted molar refractivity (Wildman–Crippen MR) is 75.2 cm³/mol. The number of pyridine rings is 1. The van der Waals surface area contributed by atoms with Gasteiger partial charge in [-0.05, 0) is 48.5 Å². The van der Waals surface area contributed by atoms with Gasteiger partial charge >= 0.3 is 0 Å². The maximum absolute atomic E-state index is 13.7. The van der Waals surface area contributed by atoms with Crippen LogP contribution in [0.5, 0.6) is 0 Å². The van der Waals surface area contributed by atoms with Crippen molar-refractivity contribution in [3.05, 3.63) is 58.4 Å². The van der Waals surface area contributed by atoms with E-state index in [1.165, 1.54) is 6.07 Å². The van der Waals surface area contributed by atoms with Crippen LogP contribution in [-0.2, 0) is 6.54 Å². The van der Waals surface area contributed by atoms with Crippen LogP contribution in [0, 0.1) is 17.5 Å². The van der Waals surface area contributed by atoms with Gasteiger partial charge in [0.2, 0.25) is 0 Å². The number of benzene rings is 1. The second kappa shape index (κ2) is 4.59. The summed E-state index contributed by atoms with van der Waals surface area (Å²) in [5.74, 6) is -0.287. The molecule has 19 heavy (non-hydrogen) atoms. The normalized spacial score (nSPS) is 11.1. The van der Waals surface area contributed by atoms with Crippen molar-refractivity contribution in [1.29, 1.82) is 0 Å². The molecule has 3 rings (SSSR count). The van der Waals surface area contributed by atoms with Crippen molar-refractivity contribution in [1.82, 2.24) is 14.5 Å². The summed E-state index contributed by atoms with van der Waals surface area (Å²) in [6.07, 6.45) is 3.57. The molecule has 0 radical (unpaired) electrons. The molecule has 0 saturated heterocycles. The minimum Gasteiger partial charge on any atom is -0.328 e. The van der Waals surface area contributed by atoms with E-state index < -0.39 is 0 Å². The van der Waals surface area contributed by atoms with Gasteiger partial charge in [-0.3, -0.25) is 4.98 Å². The molecular formula is C14H12FN3S. The van der Waals surface area contributed by atoms with Crippen LogP contribution >= 0.6 is 12.2 Å². The Hall–Kier alpha value is -2.01. The summed E-state index contributed by atoms with van der Waals surface area (Å²) in [5.41, 5.74) is 3.44. The molecule has 0 saturated carbocycles. The van der Waals surface area contributed by atoms with Gasteiger partial charge in [0, 0.05) is 12.4 Å². The fraction of sp³-hybridized carbons (Fsp3) is 0.143. The Morgan fingerprint density at radius 1 is 1.37 bits per heavy atom. The summed E-state index contributed by atoms with van der Waals surface area (Å²) < 4.78 is 16.1. The molecule has 0 atom stereocenters. The molecule has 0 aliphatic heterocycles. The first-order chi connectivity index (χ1) is 9.16. The molecule has 3 nitrogen and oxygen atoms in total. The number of imidazole rings is 1. The van der Waals surface area contributed by atoms with Gasteiger partial charge < -0.3 is 9.55 Å². The summed E-state index contributed by atoms with van der Waals surface area (Å²) >= 11 is 5.28. The number of para-hydroxylation sites is 1. The van der Waals surface area contributed by atoms with E-state index in [9.17, 15) is 4.39 Å². The van der Waals surface area contributed by atoms with E-state index in [1.807, 2.05) is 29.8 Å². The monoisotopic (exact) mass is 273 g/mol. The molecule has 0 bridgehead atoms. The number of hydrogen-bond acceptors (Lipinski definition) is 2. The van der Waals surface area contributed by atoms with E-state index in [4.69, 9.17) is 12.2 Å². The molecular weight excluding hydrogens is 261 g/mol. The molecule has 5 heteroatoms. The molecule has 0 aliphatic carbocycles. The van der Waals surface area contributed by atoms with Crippen LogP contribution in [0.2, 0.25) is 0 Å². The zero-order valence-electron chi connectivity index (χ0n) is 10.4. The first kappa shape index (κ1) is 12.0. The van der Waals surface area contributed by atoms with Gasteiger partial charge in [-0.15, -0.1) is 0 Å². The Balaban J connectivity index is 2.16. The van der Waals surface area contributed by atoms with E-state index in [-0.39, 0.29) is 5.82 Å². The first-order valence-corrected chi connectivity index (χ1v) is 6.34. The minimum absolute atomic E-state index is 0.287. The summed E-state index contributed by atoms with van der Waals surface area (Å²) in [6, 6.07) is 6.92. The highest BCUT2D eigenvalue weighted by Crippen LogP contribution is 2.19. The van der Waals surface area contributed by atoms with Crippen molar-refractivity contribution >= 4 is 23.3 Å². The van der Waals surface area contributed by atoms with E-state index in [1.54, 1.807) is 12.3 Å². The average Bonchev–Trinajstić information content (AvgIpc) is 2.71. The molecule has 2 heterocycles. The summed E-state index contributed by atoms with van der Waals surface area (Å²) in [5, 5.41) is 0.